The van der Waals surface area contributed by atoms with Crippen LogP contribution in [0.5, 0.6) is 11.5 Å². The number of ether oxygens (including phenoxy) is 1. The van der Waals surface area contributed by atoms with Gasteiger partial charge in [-0.15, -0.1) is 0 Å². The summed E-state index contributed by atoms with van der Waals surface area (Å²) in [5, 5.41) is 18.8. The van der Waals surface area contributed by atoms with E-state index in [9.17, 15) is 5.11 Å². The molecular weight excluding hydrogens is 290 g/mol. The number of phenols is 1. The van der Waals surface area contributed by atoms with Gasteiger partial charge in [0.15, 0.2) is 11.5 Å². The van der Waals surface area contributed by atoms with Gasteiger partial charge < -0.3 is 15.2 Å². The van der Waals surface area contributed by atoms with Crippen molar-refractivity contribution in [1.82, 2.24) is 15.1 Å². The molecule has 0 aliphatic rings. The van der Waals surface area contributed by atoms with Crippen LogP contribution in [-0.2, 0) is 20.0 Å². The number of rotatable bonds is 6. The summed E-state index contributed by atoms with van der Waals surface area (Å²) in [6.07, 6.45) is 0.872. The number of aromatic hydroxyl groups is 1. The lowest BCUT2D eigenvalue weighted by Gasteiger charge is -2.07. The number of nitrogens with one attached hydrogen (secondary N) is 1. The third-order valence-electron chi connectivity index (χ3n) is 3.95. The van der Waals surface area contributed by atoms with Gasteiger partial charge in [0.25, 0.3) is 0 Å². The van der Waals surface area contributed by atoms with Gasteiger partial charge in [-0.1, -0.05) is 24.3 Å². The van der Waals surface area contributed by atoms with E-state index in [4.69, 9.17) is 4.74 Å². The van der Waals surface area contributed by atoms with E-state index < -0.39 is 0 Å². The van der Waals surface area contributed by atoms with Crippen LogP contribution in [0.3, 0.4) is 0 Å². The number of benzene rings is 2. The third kappa shape index (κ3) is 3.29. The molecule has 2 aromatic carbocycles. The molecule has 0 saturated carbocycles. The number of hydrogen-bond donors (Lipinski definition) is 2. The van der Waals surface area contributed by atoms with Gasteiger partial charge in [0, 0.05) is 31.9 Å². The Hall–Kier alpha value is -2.53. The van der Waals surface area contributed by atoms with Crippen molar-refractivity contribution in [1.29, 1.82) is 0 Å². The summed E-state index contributed by atoms with van der Waals surface area (Å²) >= 11 is 0. The summed E-state index contributed by atoms with van der Waals surface area (Å²) in [4.78, 5) is 0. The zero-order valence-electron chi connectivity index (χ0n) is 13.4. The first kappa shape index (κ1) is 15.4. The van der Waals surface area contributed by atoms with Gasteiger partial charge in [-0.25, -0.2) is 0 Å². The average Bonchev–Trinajstić information content (AvgIpc) is 2.90. The highest BCUT2D eigenvalue weighted by molar-refractivity contribution is 5.81. The molecule has 5 heteroatoms. The van der Waals surface area contributed by atoms with Crippen LogP contribution in [0.25, 0.3) is 10.9 Å². The van der Waals surface area contributed by atoms with Gasteiger partial charge >= 0.3 is 0 Å². The average molecular weight is 311 g/mol. The highest BCUT2D eigenvalue weighted by Crippen LogP contribution is 2.26. The smallest absolute Gasteiger partial charge is 0.160 e. The van der Waals surface area contributed by atoms with Gasteiger partial charge in [0.1, 0.15) is 0 Å². The van der Waals surface area contributed by atoms with Crippen LogP contribution in [0.15, 0.2) is 42.5 Å². The maximum Gasteiger partial charge on any atom is 0.160 e. The summed E-state index contributed by atoms with van der Waals surface area (Å²) < 4.78 is 7.05. The summed E-state index contributed by atoms with van der Waals surface area (Å²) in [5.74, 6) is 0.663. The number of aromatic nitrogens is 2. The third-order valence-corrected chi connectivity index (χ3v) is 3.95. The Morgan fingerprint density at radius 2 is 2.04 bits per heavy atom. The Balaban J connectivity index is 1.59. The maximum absolute atomic E-state index is 9.60. The quantitative estimate of drug-likeness (QED) is 0.687. The van der Waals surface area contributed by atoms with E-state index in [-0.39, 0.29) is 5.75 Å². The standard InChI is InChI=1S/C18H21N3O2/c1-21-16-6-4-3-5-14(16)15(20-21)9-10-19-12-13-7-8-17(22)18(11-13)23-2/h3-8,11,19,22H,9-10,12H2,1-2H3. The molecule has 0 saturated heterocycles. The number of hydrogen-bond acceptors (Lipinski definition) is 4. The lowest BCUT2D eigenvalue weighted by Crippen LogP contribution is -2.17. The van der Waals surface area contributed by atoms with Crippen LogP contribution in [-0.4, -0.2) is 28.5 Å². The molecule has 2 N–H and O–H groups in total. The van der Waals surface area contributed by atoms with Crippen molar-refractivity contribution in [2.24, 2.45) is 7.05 Å². The molecule has 0 bridgehead atoms. The summed E-state index contributed by atoms with van der Waals surface area (Å²) in [6.45, 7) is 1.56. The lowest BCUT2D eigenvalue weighted by molar-refractivity contribution is 0.373. The van der Waals surface area contributed by atoms with E-state index in [1.54, 1.807) is 13.2 Å². The molecule has 1 aromatic heterocycles. The van der Waals surface area contributed by atoms with Crippen LogP contribution in [0.1, 0.15) is 11.3 Å². The van der Waals surface area contributed by atoms with Crippen molar-refractivity contribution >= 4 is 10.9 Å². The Kier molecular flexibility index (Phi) is 4.48. The molecule has 0 atom stereocenters. The van der Waals surface area contributed by atoms with E-state index in [2.05, 4.69) is 22.5 Å². The molecule has 23 heavy (non-hydrogen) atoms. The molecule has 0 spiro atoms. The van der Waals surface area contributed by atoms with E-state index in [1.807, 2.05) is 36.0 Å². The van der Waals surface area contributed by atoms with E-state index in [0.29, 0.717) is 5.75 Å². The molecule has 0 unspecified atom stereocenters. The number of methoxy groups -OCH3 is 1. The topological polar surface area (TPSA) is 59.3 Å². The van der Waals surface area contributed by atoms with Crippen molar-refractivity contribution < 1.29 is 9.84 Å². The van der Waals surface area contributed by atoms with Crippen LogP contribution in [0, 0.1) is 0 Å². The Morgan fingerprint density at radius 1 is 1.22 bits per heavy atom. The van der Waals surface area contributed by atoms with Crippen LogP contribution in [0.2, 0.25) is 0 Å². The zero-order valence-corrected chi connectivity index (χ0v) is 13.4. The summed E-state index contributed by atoms with van der Waals surface area (Å²) in [6, 6.07) is 13.7. The monoisotopic (exact) mass is 311 g/mol. The summed E-state index contributed by atoms with van der Waals surface area (Å²) in [5.41, 5.74) is 3.34. The predicted molar refractivity (Wildman–Crippen MR) is 90.8 cm³/mol. The van der Waals surface area contributed by atoms with Crippen LogP contribution >= 0.6 is 0 Å². The highest BCUT2D eigenvalue weighted by atomic mass is 16.5. The molecular formula is C18H21N3O2. The van der Waals surface area contributed by atoms with Crippen molar-refractivity contribution in [3.8, 4) is 11.5 Å². The molecule has 0 aliphatic heterocycles. The van der Waals surface area contributed by atoms with Crippen LogP contribution in [0.4, 0.5) is 0 Å². The molecule has 0 fully saturated rings. The predicted octanol–water partition coefficient (Wildman–Crippen LogP) is 2.62. The van der Waals surface area contributed by atoms with E-state index in [0.717, 1.165) is 36.3 Å². The molecule has 1 heterocycles. The fraction of sp³-hybridized carbons (Fsp3) is 0.278. The second kappa shape index (κ2) is 6.71. The first-order chi connectivity index (χ1) is 11.2. The minimum atomic E-state index is 0.163. The number of para-hydroxylation sites is 1. The lowest BCUT2D eigenvalue weighted by atomic mass is 10.1. The molecule has 0 radical (unpaired) electrons. The van der Waals surface area contributed by atoms with Gasteiger partial charge in [-0.3, -0.25) is 4.68 Å². The second-order valence-electron chi connectivity index (χ2n) is 5.52. The number of aryl methyl sites for hydroxylation is 1. The van der Waals surface area contributed by atoms with E-state index >= 15 is 0 Å². The van der Waals surface area contributed by atoms with Gasteiger partial charge in [0.05, 0.1) is 18.3 Å². The molecule has 3 aromatic rings. The fourth-order valence-corrected chi connectivity index (χ4v) is 2.74. The zero-order chi connectivity index (χ0) is 16.2. The molecule has 0 amide bonds. The van der Waals surface area contributed by atoms with Gasteiger partial charge in [-0.2, -0.15) is 5.10 Å². The Labute approximate surface area is 135 Å². The number of nitrogens with zero attached hydrogens (tertiary/aromatic N) is 2. The summed E-state index contributed by atoms with van der Waals surface area (Å²) in [7, 11) is 3.53. The Morgan fingerprint density at radius 3 is 2.87 bits per heavy atom. The van der Waals surface area contributed by atoms with Crippen molar-refractivity contribution in [2.45, 2.75) is 13.0 Å². The normalized spacial score (nSPS) is 11.0. The molecule has 3 rings (SSSR count). The number of phenolic OH excluding ortho intramolecular Hbond substituents is 1. The first-order valence-electron chi connectivity index (χ1n) is 7.66. The fourth-order valence-electron chi connectivity index (χ4n) is 2.74. The largest absolute Gasteiger partial charge is 0.504 e. The maximum atomic E-state index is 9.60. The number of fused-ring (bicyclic) bond motifs is 1. The molecule has 0 aliphatic carbocycles. The van der Waals surface area contributed by atoms with Crippen LogP contribution < -0.4 is 10.1 Å². The van der Waals surface area contributed by atoms with Gasteiger partial charge in [-0.05, 0) is 23.8 Å². The van der Waals surface area contributed by atoms with Crippen molar-refractivity contribution in [3.05, 3.63) is 53.7 Å². The second-order valence-corrected chi connectivity index (χ2v) is 5.52. The first-order valence-corrected chi connectivity index (χ1v) is 7.66. The van der Waals surface area contributed by atoms with Crippen molar-refractivity contribution in [3.63, 3.8) is 0 Å². The van der Waals surface area contributed by atoms with Crippen molar-refractivity contribution in [2.75, 3.05) is 13.7 Å². The Bertz CT molecular complexity index is 811. The van der Waals surface area contributed by atoms with Gasteiger partial charge in [0.2, 0.25) is 0 Å². The van der Waals surface area contributed by atoms with E-state index in [1.165, 1.54) is 5.39 Å². The molecule has 5 nitrogen and oxygen atoms in total. The highest BCUT2D eigenvalue weighted by Gasteiger charge is 2.07. The minimum absolute atomic E-state index is 0.163. The molecule has 120 valence electrons. The minimum Gasteiger partial charge on any atom is -0.504 e. The SMILES string of the molecule is COc1cc(CNCCc2nn(C)c3ccccc23)ccc1O.